The highest BCUT2D eigenvalue weighted by Crippen LogP contribution is 2.24. The Morgan fingerprint density at radius 2 is 2.00 bits per heavy atom. The Hall–Kier alpha value is -0.570. The van der Waals surface area contributed by atoms with Gasteiger partial charge in [0.05, 0.1) is 12.7 Å². The van der Waals surface area contributed by atoms with Crippen LogP contribution in [0.1, 0.15) is 50.2 Å². The molecule has 0 aromatic heterocycles. The van der Waals surface area contributed by atoms with Crippen LogP contribution in [0.5, 0.6) is 0 Å². The normalized spacial score (nSPS) is 22.9. The maximum atomic E-state index is 6.24. The Morgan fingerprint density at radius 1 is 1.25 bits per heavy atom. The zero-order chi connectivity index (χ0) is 14.4. The van der Waals surface area contributed by atoms with Crippen LogP contribution in [0.15, 0.2) is 18.2 Å². The highest BCUT2D eigenvalue weighted by Gasteiger charge is 2.21. The molecule has 1 aliphatic rings. The second-order valence-electron chi connectivity index (χ2n) is 5.83. The van der Waals surface area contributed by atoms with Crippen LogP contribution >= 0.6 is 11.6 Å². The van der Waals surface area contributed by atoms with E-state index in [0.717, 1.165) is 30.0 Å². The molecule has 0 bridgehead atoms. The minimum atomic E-state index is 0.395. The molecule has 1 N–H and O–H groups in total. The van der Waals surface area contributed by atoms with Gasteiger partial charge in [-0.15, -0.1) is 0 Å². The first kappa shape index (κ1) is 15.8. The van der Waals surface area contributed by atoms with Gasteiger partial charge in [0.25, 0.3) is 0 Å². The fourth-order valence-electron chi connectivity index (χ4n) is 2.76. The van der Waals surface area contributed by atoms with Crippen molar-refractivity contribution >= 4 is 11.6 Å². The van der Waals surface area contributed by atoms with Crippen molar-refractivity contribution in [2.45, 2.75) is 64.7 Å². The quantitative estimate of drug-likeness (QED) is 0.836. The van der Waals surface area contributed by atoms with Crippen molar-refractivity contribution in [3.8, 4) is 0 Å². The van der Waals surface area contributed by atoms with Crippen LogP contribution < -0.4 is 5.32 Å². The summed E-state index contributed by atoms with van der Waals surface area (Å²) in [6.07, 6.45) is 6.38. The molecule has 0 unspecified atom stereocenters. The van der Waals surface area contributed by atoms with Gasteiger partial charge in [0.1, 0.15) is 0 Å². The van der Waals surface area contributed by atoms with E-state index in [1.807, 2.05) is 6.07 Å². The molecule has 20 heavy (non-hydrogen) atoms. The average molecular weight is 296 g/mol. The van der Waals surface area contributed by atoms with E-state index in [9.17, 15) is 0 Å². The van der Waals surface area contributed by atoms with Crippen LogP contribution in [0.3, 0.4) is 0 Å². The third kappa shape index (κ3) is 4.76. The van der Waals surface area contributed by atoms with E-state index in [2.05, 4.69) is 31.3 Å². The molecule has 2 rings (SSSR count). The fraction of sp³-hybridized carbons (Fsp3) is 0.647. The monoisotopic (exact) mass is 295 g/mol. The minimum absolute atomic E-state index is 0.395. The molecule has 1 aromatic carbocycles. The summed E-state index contributed by atoms with van der Waals surface area (Å²) >= 11 is 6.24. The molecule has 1 saturated carbocycles. The maximum absolute atomic E-state index is 6.24. The van der Waals surface area contributed by atoms with E-state index >= 15 is 0 Å². The number of halogens is 1. The number of hydrogen-bond acceptors (Lipinski definition) is 2. The zero-order valence-corrected chi connectivity index (χ0v) is 13.4. The van der Waals surface area contributed by atoms with Gasteiger partial charge in [0, 0.05) is 11.1 Å². The lowest BCUT2D eigenvalue weighted by atomic mass is 9.93. The number of aryl methyl sites for hydroxylation is 1. The Morgan fingerprint density at radius 3 is 2.65 bits per heavy atom. The van der Waals surface area contributed by atoms with Crippen molar-refractivity contribution in [2.75, 3.05) is 6.54 Å². The number of rotatable bonds is 6. The second-order valence-corrected chi connectivity index (χ2v) is 6.24. The summed E-state index contributed by atoms with van der Waals surface area (Å²) < 4.78 is 6.03. The molecule has 0 radical (unpaired) electrons. The van der Waals surface area contributed by atoms with Crippen LogP contribution in [0, 0.1) is 6.92 Å². The number of benzene rings is 1. The third-order valence-electron chi connectivity index (χ3n) is 4.04. The maximum Gasteiger partial charge on any atom is 0.0735 e. The van der Waals surface area contributed by atoms with Gasteiger partial charge in [-0.3, -0.25) is 0 Å². The van der Waals surface area contributed by atoms with Gasteiger partial charge in [-0.25, -0.2) is 0 Å². The smallest absolute Gasteiger partial charge is 0.0735 e. The summed E-state index contributed by atoms with van der Waals surface area (Å²) in [5.41, 5.74) is 2.30. The lowest BCUT2D eigenvalue weighted by Crippen LogP contribution is -2.35. The molecule has 1 aliphatic carbocycles. The van der Waals surface area contributed by atoms with Crippen LogP contribution in [-0.2, 0) is 11.3 Å². The van der Waals surface area contributed by atoms with Crippen LogP contribution in [0.4, 0.5) is 0 Å². The van der Waals surface area contributed by atoms with Crippen molar-refractivity contribution in [3.63, 3.8) is 0 Å². The largest absolute Gasteiger partial charge is 0.373 e. The molecule has 0 spiro atoms. The summed E-state index contributed by atoms with van der Waals surface area (Å²) in [6.45, 7) is 6.04. The summed E-state index contributed by atoms with van der Waals surface area (Å²) in [5.74, 6) is 0. The van der Waals surface area contributed by atoms with Crippen LogP contribution in [-0.4, -0.2) is 18.7 Å². The van der Waals surface area contributed by atoms with Crippen molar-refractivity contribution in [1.82, 2.24) is 5.32 Å². The Balaban J connectivity index is 1.73. The molecular weight excluding hydrogens is 270 g/mol. The van der Waals surface area contributed by atoms with Crippen molar-refractivity contribution < 1.29 is 4.74 Å². The number of ether oxygens (including phenoxy) is 1. The van der Waals surface area contributed by atoms with Crippen LogP contribution in [0.25, 0.3) is 0 Å². The lowest BCUT2D eigenvalue weighted by Gasteiger charge is -2.29. The van der Waals surface area contributed by atoms with Gasteiger partial charge >= 0.3 is 0 Å². The highest BCUT2D eigenvalue weighted by atomic mass is 35.5. The predicted octanol–water partition coefficient (Wildman–Crippen LogP) is 4.48. The predicted molar refractivity (Wildman–Crippen MR) is 85.3 cm³/mol. The summed E-state index contributed by atoms with van der Waals surface area (Å²) in [4.78, 5) is 0. The Kier molecular flexibility index (Phi) is 6.34. The Labute approximate surface area is 127 Å². The summed E-state index contributed by atoms with van der Waals surface area (Å²) in [7, 11) is 0. The topological polar surface area (TPSA) is 21.3 Å². The van der Waals surface area contributed by atoms with Crippen molar-refractivity contribution in [3.05, 3.63) is 34.3 Å². The zero-order valence-electron chi connectivity index (χ0n) is 12.6. The molecule has 0 heterocycles. The van der Waals surface area contributed by atoms with Gasteiger partial charge in [-0.05, 0) is 62.8 Å². The highest BCUT2D eigenvalue weighted by molar-refractivity contribution is 6.31. The van der Waals surface area contributed by atoms with Gasteiger partial charge in [0.2, 0.25) is 0 Å². The number of hydrogen-bond donors (Lipinski definition) is 1. The molecular formula is C17H26ClNO. The molecule has 3 heteroatoms. The summed E-state index contributed by atoms with van der Waals surface area (Å²) in [6, 6.07) is 6.87. The van der Waals surface area contributed by atoms with E-state index in [-0.39, 0.29) is 0 Å². The van der Waals surface area contributed by atoms with Gasteiger partial charge in [-0.1, -0.05) is 30.7 Å². The standard InChI is InChI=1S/C17H26ClNO/c1-3-10-19-15-6-8-16(9-7-15)20-12-14-5-4-13(2)11-17(14)18/h4-5,11,15-16,19H,3,6-10,12H2,1-2H3. The van der Waals surface area contributed by atoms with Gasteiger partial charge in [-0.2, -0.15) is 0 Å². The molecule has 1 fully saturated rings. The molecule has 112 valence electrons. The third-order valence-corrected chi connectivity index (χ3v) is 4.39. The van der Waals surface area contributed by atoms with Crippen molar-refractivity contribution in [1.29, 1.82) is 0 Å². The molecule has 0 atom stereocenters. The molecule has 0 aliphatic heterocycles. The van der Waals surface area contributed by atoms with E-state index in [1.54, 1.807) is 0 Å². The first-order valence-corrected chi connectivity index (χ1v) is 8.17. The SMILES string of the molecule is CCCNC1CCC(OCc2ccc(C)cc2Cl)CC1. The molecule has 0 amide bonds. The Bertz CT molecular complexity index is 413. The second kappa shape index (κ2) is 8.02. The van der Waals surface area contributed by atoms with Gasteiger partial charge < -0.3 is 10.1 Å². The molecule has 2 nitrogen and oxygen atoms in total. The van der Waals surface area contributed by atoms with E-state index in [1.165, 1.54) is 24.8 Å². The average Bonchev–Trinajstić information content (AvgIpc) is 2.45. The summed E-state index contributed by atoms with van der Waals surface area (Å²) in [5, 5.41) is 4.43. The number of nitrogens with one attached hydrogen (secondary N) is 1. The van der Waals surface area contributed by atoms with E-state index < -0.39 is 0 Å². The minimum Gasteiger partial charge on any atom is -0.373 e. The van der Waals surface area contributed by atoms with Crippen LogP contribution in [0.2, 0.25) is 5.02 Å². The van der Waals surface area contributed by atoms with E-state index in [4.69, 9.17) is 16.3 Å². The lowest BCUT2D eigenvalue weighted by molar-refractivity contribution is 0.0114. The van der Waals surface area contributed by atoms with Crippen molar-refractivity contribution in [2.24, 2.45) is 0 Å². The van der Waals surface area contributed by atoms with Gasteiger partial charge in [0.15, 0.2) is 0 Å². The fourth-order valence-corrected chi connectivity index (χ4v) is 3.05. The molecule has 0 saturated heterocycles. The first-order valence-electron chi connectivity index (χ1n) is 7.79. The molecule has 1 aromatic rings. The first-order chi connectivity index (χ1) is 9.69. The van der Waals surface area contributed by atoms with E-state index in [0.29, 0.717) is 18.8 Å².